The summed E-state index contributed by atoms with van der Waals surface area (Å²) in [5.74, 6) is 2.82. The van der Waals surface area contributed by atoms with Crippen molar-refractivity contribution in [3.63, 3.8) is 0 Å². The molecule has 0 spiro atoms. The zero-order chi connectivity index (χ0) is 21.2. The van der Waals surface area contributed by atoms with Gasteiger partial charge < -0.3 is 14.4 Å². The number of amides is 1. The number of hydrogen-bond donors (Lipinski definition) is 0. The van der Waals surface area contributed by atoms with Crippen molar-refractivity contribution in [2.24, 2.45) is 0 Å². The number of ether oxygens (including phenoxy) is 2. The first-order chi connectivity index (χ1) is 14.6. The van der Waals surface area contributed by atoms with E-state index in [0.29, 0.717) is 31.7 Å². The van der Waals surface area contributed by atoms with Crippen LogP contribution in [0.1, 0.15) is 30.4 Å². The number of terminal acetylenes is 1. The molecular weight excluding hydrogens is 381 g/mol. The first kappa shape index (κ1) is 21.6. The summed E-state index contributed by atoms with van der Waals surface area (Å²) < 4.78 is 24.7. The molecule has 1 heterocycles. The van der Waals surface area contributed by atoms with Gasteiger partial charge in [0, 0.05) is 32.2 Å². The summed E-state index contributed by atoms with van der Waals surface area (Å²) in [5.41, 5.74) is 1.64. The van der Waals surface area contributed by atoms with Gasteiger partial charge in [-0.05, 0) is 54.3 Å². The van der Waals surface area contributed by atoms with E-state index in [2.05, 4.69) is 5.92 Å². The van der Waals surface area contributed by atoms with E-state index in [1.54, 1.807) is 23.1 Å². The van der Waals surface area contributed by atoms with Crippen LogP contribution in [0.3, 0.4) is 0 Å². The molecule has 1 saturated heterocycles. The molecule has 1 fully saturated rings. The van der Waals surface area contributed by atoms with Crippen LogP contribution >= 0.6 is 0 Å². The molecule has 0 N–H and O–H groups in total. The second-order valence-corrected chi connectivity index (χ2v) is 7.19. The number of nitrogens with zero attached hydrogens (tertiary/aromatic N) is 1. The second kappa shape index (κ2) is 11.2. The lowest BCUT2D eigenvalue weighted by atomic mass is 10.1. The van der Waals surface area contributed by atoms with E-state index in [1.165, 1.54) is 18.2 Å². The third-order valence-corrected chi connectivity index (χ3v) is 4.84. The number of carbonyl (C=O) groups is 1. The first-order valence-electron chi connectivity index (χ1n) is 10.1. The van der Waals surface area contributed by atoms with Crippen LogP contribution in [0, 0.1) is 18.2 Å². The fourth-order valence-electron chi connectivity index (χ4n) is 3.29. The Morgan fingerprint density at radius 2 is 2.13 bits per heavy atom. The van der Waals surface area contributed by atoms with Crippen molar-refractivity contribution in [3.8, 4) is 18.1 Å². The third kappa shape index (κ3) is 6.75. The van der Waals surface area contributed by atoms with Gasteiger partial charge in [0.25, 0.3) is 0 Å². The van der Waals surface area contributed by atoms with Gasteiger partial charge >= 0.3 is 0 Å². The van der Waals surface area contributed by atoms with Gasteiger partial charge in [-0.1, -0.05) is 24.3 Å². The van der Waals surface area contributed by atoms with E-state index in [4.69, 9.17) is 15.9 Å². The lowest BCUT2D eigenvalue weighted by molar-refractivity contribution is -0.128. The summed E-state index contributed by atoms with van der Waals surface area (Å²) in [7, 11) is 0. The van der Waals surface area contributed by atoms with Gasteiger partial charge in [-0.25, -0.2) is 4.39 Å². The monoisotopic (exact) mass is 407 g/mol. The molecule has 0 saturated carbocycles. The van der Waals surface area contributed by atoms with Crippen LogP contribution in [0.25, 0.3) is 6.08 Å². The van der Waals surface area contributed by atoms with E-state index in [9.17, 15) is 9.18 Å². The summed E-state index contributed by atoms with van der Waals surface area (Å²) in [5, 5.41) is 0. The maximum atomic E-state index is 13.4. The van der Waals surface area contributed by atoms with E-state index in [-0.39, 0.29) is 17.8 Å². The van der Waals surface area contributed by atoms with E-state index < -0.39 is 0 Å². The molecule has 4 nitrogen and oxygen atoms in total. The van der Waals surface area contributed by atoms with Crippen molar-refractivity contribution in [1.82, 2.24) is 4.90 Å². The fourth-order valence-corrected chi connectivity index (χ4v) is 3.29. The SMILES string of the molecule is C#CCCOc1ccc(CN(C[C@@H]2CCCO2)C(=O)/C=C/c2cccc(F)c2)cc1. The average Bonchev–Trinajstić information content (AvgIpc) is 3.26. The standard InChI is InChI=1S/C25H26FNO3/c1-2-3-15-29-23-12-9-21(10-13-23)18-27(19-24-8-5-16-30-24)25(28)14-11-20-6-4-7-22(26)17-20/h1,4,6-7,9-14,17,24H,3,5,8,15-16,18-19H2/b14-11+/t24-/m0/s1. The molecule has 0 radical (unpaired) electrons. The third-order valence-electron chi connectivity index (χ3n) is 4.84. The predicted octanol–water partition coefficient (Wildman–Crippen LogP) is 4.45. The van der Waals surface area contributed by atoms with E-state index in [1.807, 2.05) is 24.3 Å². The molecule has 3 rings (SSSR count). The predicted molar refractivity (Wildman–Crippen MR) is 115 cm³/mol. The molecule has 156 valence electrons. The molecular formula is C25H26FNO3. The minimum Gasteiger partial charge on any atom is -0.493 e. The molecule has 1 amide bonds. The van der Waals surface area contributed by atoms with Crippen molar-refractivity contribution in [2.75, 3.05) is 19.8 Å². The minimum absolute atomic E-state index is 0.0443. The van der Waals surface area contributed by atoms with Crippen LogP contribution in [0.15, 0.2) is 54.6 Å². The van der Waals surface area contributed by atoms with Crippen molar-refractivity contribution in [2.45, 2.75) is 31.9 Å². The maximum Gasteiger partial charge on any atom is 0.246 e. The average molecular weight is 407 g/mol. The number of carbonyl (C=O) groups excluding carboxylic acids is 1. The first-order valence-corrected chi connectivity index (χ1v) is 10.1. The Kier molecular flexibility index (Phi) is 8.05. The highest BCUT2D eigenvalue weighted by molar-refractivity contribution is 5.91. The molecule has 1 aliphatic rings. The molecule has 2 aromatic carbocycles. The molecule has 30 heavy (non-hydrogen) atoms. The highest BCUT2D eigenvalue weighted by Crippen LogP contribution is 2.18. The number of rotatable bonds is 9. The largest absolute Gasteiger partial charge is 0.493 e. The van der Waals surface area contributed by atoms with Crippen LogP contribution in [-0.4, -0.2) is 36.7 Å². The van der Waals surface area contributed by atoms with Gasteiger partial charge in [-0.15, -0.1) is 12.3 Å². The molecule has 0 aliphatic carbocycles. The van der Waals surface area contributed by atoms with Crippen molar-refractivity contribution < 1.29 is 18.7 Å². The van der Waals surface area contributed by atoms with Gasteiger partial charge in [0.2, 0.25) is 5.91 Å². The van der Waals surface area contributed by atoms with Crippen LogP contribution in [0.2, 0.25) is 0 Å². The Morgan fingerprint density at radius 3 is 2.83 bits per heavy atom. The molecule has 0 aromatic heterocycles. The summed E-state index contributed by atoms with van der Waals surface area (Å²) in [6.45, 7) is 2.18. The zero-order valence-electron chi connectivity index (χ0n) is 16.9. The summed E-state index contributed by atoms with van der Waals surface area (Å²) >= 11 is 0. The number of halogens is 1. The molecule has 5 heteroatoms. The lowest BCUT2D eigenvalue weighted by Crippen LogP contribution is -2.35. The van der Waals surface area contributed by atoms with Crippen LogP contribution in [-0.2, 0) is 16.1 Å². The Hall–Kier alpha value is -3.10. The topological polar surface area (TPSA) is 38.8 Å². The van der Waals surface area contributed by atoms with E-state index in [0.717, 1.165) is 30.8 Å². The Labute approximate surface area is 177 Å². The molecule has 1 atom stereocenters. The van der Waals surface area contributed by atoms with Gasteiger partial charge in [-0.3, -0.25) is 4.79 Å². The van der Waals surface area contributed by atoms with Crippen LogP contribution in [0.4, 0.5) is 4.39 Å². The van der Waals surface area contributed by atoms with E-state index >= 15 is 0 Å². The number of benzene rings is 2. The quantitative estimate of drug-likeness (QED) is 0.350. The van der Waals surface area contributed by atoms with Crippen molar-refractivity contribution in [3.05, 3.63) is 71.6 Å². The Morgan fingerprint density at radius 1 is 1.30 bits per heavy atom. The van der Waals surface area contributed by atoms with Gasteiger partial charge in [0.15, 0.2) is 0 Å². The molecule has 1 aliphatic heterocycles. The minimum atomic E-state index is -0.328. The smallest absolute Gasteiger partial charge is 0.246 e. The highest BCUT2D eigenvalue weighted by atomic mass is 19.1. The number of hydrogen-bond acceptors (Lipinski definition) is 3. The normalized spacial score (nSPS) is 15.8. The summed E-state index contributed by atoms with van der Waals surface area (Å²) in [6, 6.07) is 13.8. The van der Waals surface area contributed by atoms with Gasteiger partial charge in [-0.2, -0.15) is 0 Å². The van der Waals surface area contributed by atoms with Crippen LogP contribution in [0.5, 0.6) is 5.75 Å². The molecule has 2 aromatic rings. The zero-order valence-corrected chi connectivity index (χ0v) is 16.9. The van der Waals surface area contributed by atoms with Crippen LogP contribution < -0.4 is 4.74 Å². The van der Waals surface area contributed by atoms with Gasteiger partial charge in [0.1, 0.15) is 11.6 Å². The molecule has 0 unspecified atom stereocenters. The van der Waals surface area contributed by atoms with Crippen molar-refractivity contribution >= 4 is 12.0 Å². The highest BCUT2D eigenvalue weighted by Gasteiger charge is 2.21. The van der Waals surface area contributed by atoms with Gasteiger partial charge in [0.05, 0.1) is 12.7 Å². The lowest BCUT2D eigenvalue weighted by Gasteiger charge is -2.24. The van der Waals surface area contributed by atoms with Crippen molar-refractivity contribution in [1.29, 1.82) is 0 Å². The maximum absolute atomic E-state index is 13.4. The molecule has 0 bridgehead atoms. The summed E-state index contributed by atoms with van der Waals surface area (Å²) in [6.07, 6.45) is 10.9. The Balaban J connectivity index is 1.67. The second-order valence-electron chi connectivity index (χ2n) is 7.19. The Bertz CT molecular complexity index is 895. The fraction of sp³-hybridized carbons (Fsp3) is 0.320. The summed E-state index contributed by atoms with van der Waals surface area (Å²) in [4.78, 5) is 14.6.